The van der Waals surface area contributed by atoms with Gasteiger partial charge in [0.2, 0.25) is 0 Å². The molecule has 2 rings (SSSR count). The van der Waals surface area contributed by atoms with E-state index in [1.54, 1.807) is 0 Å². The number of hydrogen-bond donors (Lipinski definition) is 1. The minimum absolute atomic E-state index is 0.0555. The zero-order valence-corrected chi connectivity index (χ0v) is 14.9. The van der Waals surface area contributed by atoms with E-state index in [-0.39, 0.29) is 44.5 Å². The number of benzene rings is 1. The highest BCUT2D eigenvalue weighted by molar-refractivity contribution is 7.92. The third-order valence-corrected chi connectivity index (χ3v) is 5.79. The molecule has 1 aromatic carbocycles. The van der Waals surface area contributed by atoms with Crippen molar-refractivity contribution in [3.63, 3.8) is 0 Å². The highest BCUT2D eigenvalue weighted by atomic mass is 32.2. The van der Waals surface area contributed by atoms with E-state index < -0.39 is 43.8 Å². The molecule has 0 atom stereocenters. The lowest BCUT2D eigenvalue weighted by molar-refractivity contribution is -0.186. The number of piperidine rings is 1. The van der Waals surface area contributed by atoms with Gasteiger partial charge >= 0.3 is 17.6 Å². The second kappa shape index (κ2) is 7.76. The number of anilines is 1. The summed E-state index contributed by atoms with van der Waals surface area (Å²) in [6, 6.07) is 1.87. The number of alkyl halides is 6. The Morgan fingerprint density at radius 3 is 2.18 bits per heavy atom. The van der Waals surface area contributed by atoms with Crippen LogP contribution in [0.1, 0.15) is 12.8 Å². The molecular weight excluding hydrogens is 421 g/mol. The van der Waals surface area contributed by atoms with Gasteiger partial charge in [-0.15, -0.1) is 0 Å². The summed E-state index contributed by atoms with van der Waals surface area (Å²) in [5, 5.41) is 2.49. The van der Waals surface area contributed by atoms with Gasteiger partial charge in [0.05, 0.1) is 5.69 Å². The fourth-order valence-corrected chi connectivity index (χ4v) is 3.71. The number of halogens is 7. The van der Waals surface area contributed by atoms with Gasteiger partial charge in [-0.2, -0.15) is 26.3 Å². The number of amides is 1. The van der Waals surface area contributed by atoms with Crippen LogP contribution in [0.3, 0.4) is 0 Å². The van der Waals surface area contributed by atoms with Crippen molar-refractivity contribution in [3.05, 3.63) is 24.0 Å². The summed E-state index contributed by atoms with van der Waals surface area (Å²) in [7, 11) is -5.80. The topological polar surface area (TPSA) is 66.5 Å². The molecule has 1 aliphatic heterocycles. The molecule has 0 bridgehead atoms. The van der Waals surface area contributed by atoms with Crippen LogP contribution in [0.2, 0.25) is 0 Å². The monoisotopic (exact) mass is 436 g/mol. The molecule has 0 unspecified atom stereocenters. The molecule has 13 heteroatoms. The third-order valence-electron chi connectivity index (χ3n) is 4.26. The van der Waals surface area contributed by atoms with Crippen molar-refractivity contribution in [1.29, 1.82) is 0 Å². The summed E-state index contributed by atoms with van der Waals surface area (Å²) in [6.07, 6.45) is -4.71. The molecule has 1 aliphatic rings. The molecule has 0 spiro atoms. The zero-order chi connectivity index (χ0) is 21.3. The van der Waals surface area contributed by atoms with Gasteiger partial charge < -0.3 is 10.2 Å². The number of sulfone groups is 1. The van der Waals surface area contributed by atoms with E-state index in [2.05, 4.69) is 5.32 Å². The Morgan fingerprint density at radius 1 is 1.11 bits per heavy atom. The maximum absolute atomic E-state index is 13.3. The summed E-state index contributed by atoms with van der Waals surface area (Å²) in [5.41, 5.74) is -6.09. The number of carbonyl (C=O) groups excluding carboxylic acids is 1. The third kappa shape index (κ3) is 4.86. The molecule has 1 saturated heterocycles. The lowest BCUT2D eigenvalue weighted by Crippen LogP contribution is -2.46. The molecule has 1 N–H and O–H groups in total. The quantitative estimate of drug-likeness (QED) is 0.736. The first-order valence-corrected chi connectivity index (χ1v) is 9.42. The number of likely N-dealkylation sites (tertiary alicyclic amines) is 1. The fourth-order valence-electron chi connectivity index (χ4n) is 2.76. The van der Waals surface area contributed by atoms with Crippen molar-refractivity contribution in [3.8, 4) is 0 Å². The van der Waals surface area contributed by atoms with Crippen molar-refractivity contribution in [2.24, 2.45) is 5.92 Å². The van der Waals surface area contributed by atoms with E-state index in [1.165, 1.54) is 0 Å². The van der Waals surface area contributed by atoms with E-state index in [4.69, 9.17) is 0 Å². The van der Waals surface area contributed by atoms with Crippen molar-refractivity contribution in [2.75, 3.05) is 25.0 Å². The standard InChI is InChI=1S/C15H15F7N2O3S/c16-10-1-2-11(12(7-10)28(26,27)15(20,21)22)23-8-9-3-5-24(6-4-9)13(25)14(17,18)19/h1-2,7,9,23H,3-6,8H2. The highest BCUT2D eigenvalue weighted by Crippen LogP contribution is 2.35. The van der Waals surface area contributed by atoms with Crippen LogP contribution in [0.4, 0.5) is 36.4 Å². The molecule has 0 aromatic heterocycles. The first-order valence-electron chi connectivity index (χ1n) is 7.94. The largest absolute Gasteiger partial charge is 0.501 e. The number of nitrogens with one attached hydrogen (secondary N) is 1. The number of rotatable bonds is 4. The van der Waals surface area contributed by atoms with Crippen LogP contribution in [0.5, 0.6) is 0 Å². The summed E-state index contributed by atoms with van der Waals surface area (Å²) in [6.45, 7) is -0.441. The molecule has 5 nitrogen and oxygen atoms in total. The summed E-state index contributed by atoms with van der Waals surface area (Å²) in [5.74, 6) is -3.45. The van der Waals surface area contributed by atoms with Gasteiger partial charge in [-0.25, -0.2) is 12.8 Å². The van der Waals surface area contributed by atoms with Gasteiger partial charge in [-0.1, -0.05) is 0 Å². The van der Waals surface area contributed by atoms with E-state index in [9.17, 15) is 43.9 Å². The predicted molar refractivity (Wildman–Crippen MR) is 83.5 cm³/mol. The van der Waals surface area contributed by atoms with Gasteiger partial charge in [0, 0.05) is 19.6 Å². The van der Waals surface area contributed by atoms with Crippen LogP contribution >= 0.6 is 0 Å². The maximum Gasteiger partial charge on any atom is 0.501 e. The van der Waals surface area contributed by atoms with E-state index in [1.807, 2.05) is 0 Å². The van der Waals surface area contributed by atoms with Crippen LogP contribution in [-0.2, 0) is 14.6 Å². The Balaban J connectivity index is 2.06. The number of carbonyl (C=O) groups is 1. The van der Waals surface area contributed by atoms with Crippen molar-refractivity contribution < 1.29 is 43.9 Å². The minimum atomic E-state index is -5.80. The van der Waals surface area contributed by atoms with Crippen molar-refractivity contribution >= 4 is 21.4 Å². The Labute approximate surface area is 155 Å². The molecule has 1 aromatic rings. The summed E-state index contributed by atoms with van der Waals surface area (Å²) < 4.78 is 112. The van der Waals surface area contributed by atoms with E-state index >= 15 is 0 Å². The first kappa shape index (κ1) is 22.2. The molecule has 28 heavy (non-hydrogen) atoms. The maximum atomic E-state index is 13.3. The molecule has 0 saturated carbocycles. The van der Waals surface area contributed by atoms with E-state index in [0.29, 0.717) is 4.90 Å². The van der Waals surface area contributed by atoms with Gasteiger partial charge in [0.1, 0.15) is 10.7 Å². The van der Waals surface area contributed by atoms with Gasteiger partial charge in [-0.05, 0) is 37.0 Å². The number of nitrogens with zero attached hydrogens (tertiary/aromatic N) is 1. The number of hydrogen-bond acceptors (Lipinski definition) is 4. The van der Waals surface area contributed by atoms with E-state index in [0.717, 1.165) is 12.1 Å². The minimum Gasteiger partial charge on any atom is -0.384 e. The van der Waals surface area contributed by atoms with Gasteiger partial charge in [0.15, 0.2) is 0 Å². The van der Waals surface area contributed by atoms with Crippen LogP contribution < -0.4 is 5.32 Å². The molecular formula is C15H15F7N2O3S. The van der Waals surface area contributed by atoms with Crippen molar-refractivity contribution in [1.82, 2.24) is 4.90 Å². The fraction of sp³-hybridized carbons (Fsp3) is 0.533. The summed E-state index contributed by atoms with van der Waals surface area (Å²) in [4.78, 5) is 10.5. The SMILES string of the molecule is O=C(N1CCC(CNc2ccc(F)cc2S(=O)(=O)C(F)(F)F)CC1)C(F)(F)F. The predicted octanol–water partition coefficient (Wildman–Crippen LogP) is 3.33. The van der Waals surface area contributed by atoms with Crippen LogP contribution in [0.25, 0.3) is 0 Å². The Hall–Kier alpha value is -2.05. The normalized spacial score (nSPS) is 16.9. The molecule has 158 valence electrons. The smallest absolute Gasteiger partial charge is 0.384 e. The average molecular weight is 436 g/mol. The van der Waals surface area contributed by atoms with Crippen LogP contribution in [0.15, 0.2) is 23.1 Å². The second-order valence-corrected chi connectivity index (χ2v) is 8.11. The Morgan fingerprint density at radius 2 is 1.68 bits per heavy atom. The highest BCUT2D eigenvalue weighted by Gasteiger charge is 2.48. The van der Waals surface area contributed by atoms with Gasteiger partial charge in [-0.3, -0.25) is 4.79 Å². The van der Waals surface area contributed by atoms with Crippen LogP contribution in [0, 0.1) is 11.7 Å². The molecule has 1 amide bonds. The first-order chi connectivity index (χ1) is 12.7. The molecule has 0 aliphatic carbocycles. The Kier molecular flexibility index (Phi) is 6.16. The van der Waals surface area contributed by atoms with Gasteiger partial charge in [0.25, 0.3) is 9.84 Å². The molecule has 1 fully saturated rings. The van der Waals surface area contributed by atoms with Crippen LogP contribution in [-0.4, -0.2) is 50.5 Å². The zero-order valence-electron chi connectivity index (χ0n) is 14.1. The second-order valence-electron chi connectivity index (χ2n) is 6.20. The average Bonchev–Trinajstić information content (AvgIpc) is 2.58. The summed E-state index contributed by atoms with van der Waals surface area (Å²) >= 11 is 0. The molecule has 0 radical (unpaired) electrons. The van der Waals surface area contributed by atoms with Crippen molar-refractivity contribution in [2.45, 2.75) is 29.4 Å². The Bertz CT molecular complexity index is 829. The lowest BCUT2D eigenvalue weighted by atomic mass is 9.96. The lowest BCUT2D eigenvalue weighted by Gasteiger charge is -2.32. The molecule has 1 heterocycles.